The Morgan fingerprint density at radius 2 is 1.18 bits per heavy atom. The summed E-state index contributed by atoms with van der Waals surface area (Å²) in [7, 11) is -1.90. The molecule has 2 aromatic carbocycles. The number of benzene rings is 2. The predicted molar refractivity (Wildman–Crippen MR) is 82.4 cm³/mol. The van der Waals surface area contributed by atoms with Crippen molar-refractivity contribution >= 4 is 34.7 Å². The van der Waals surface area contributed by atoms with E-state index in [1.807, 2.05) is 7.05 Å². The maximum absolute atomic E-state index is 9.75. The Bertz CT molecular complexity index is 739. The van der Waals surface area contributed by atoms with Crippen molar-refractivity contribution in [2.45, 2.75) is 0 Å². The van der Waals surface area contributed by atoms with E-state index in [0.717, 1.165) is 0 Å². The first-order valence-electron chi connectivity index (χ1n) is 6.67. The molecular formula is C15H15BF4N2. The van der Waals surface area contributed by atoms with Crippen molar-refractivity contribution in [2.75, 3.05) is 12.4 Å². The van der Waals surface area contributed by atoms with Crippen LogP contribution in [-0.2, 0) is 7.05 Å². The quantitative estimate of drug-likeness (QED) is 0.309. The standard InChI is InChI=1S/C15H14N2.BF4/c1-16-15-11-7-3-5-9-13(11)17(2)14-10-6-4-8-12(14)15;2-1(3,4)5/h3-10H,1-2H3;/q;-1/p+1. The fraction of sp³-hybridized carbons (Fsp3) is 0.133. The highest BCUT2D eigenvalue weighted by atomic mass is 19.5. The molecule has 0 aliphatic rings. The van der Waals surface area contributed by atoms with Crippen LogP contribution >= 0.6 is 0 Å². The van der Waals surface area contributed by atoms with E-state index in [9.17, 15) is 17.3 Å². The molecule has 0 bridgehead atoms. The van der Waals surface area contributed by atoms with Crippen molar-refractivity contribution < 1.29 is 21.8 Å². The number of pyridine rings is 1. The van der Waals surface area contributed by atoms with Gasteiger partial charge in [0, 0.05) is 19.2 Å². The van der Waals surface area contributed by atoms with Gasteiger partial charge < -0.3 is 22.6 Å². The predicted octanol–water partition coefficient (Wildman–Crippen LogP) is 4.16. The van der Waals surface area contributed by atoms with Crippen LogP contribution < -0.4 is 9.88 Å². The molecule has 0 spiro atoms. The Labute approximate surface area is 125 Å². The highest BCUT2D eigenvalue weighted by Gasteiger charge is 2.20. The Hall–Kier alpha value is -2.31. The van der Waals surface area contributed by atoms with Crippen molar-refractivity contribution in [3.8, 4) is 0 Å². The molecule has 0 atom stereocenters. The number of nitrogens with zero attached hydrogens (tertiary/aromatic N) is 1. The maximum atomic E-state index is 9.75. The Balaban J connectivity index is 0.000000309. The van der Waals surface area contributed by atoms with E-state index in [4.69, 9.17) is 0 Å². The monoisotopic (exact) mass is 310 g/mol. The van der Waals surface area contributed by atoms with Gasteiger partial charge in [0.25, 0.3) is 0 Å². The van der Waals surface area contributed by atoms with Crippen LogP contribution in [0, 0.1) is 0 Å². The van der Waals surface area contributed by atoms with Crippen molar-refractivity contribution in [1.82, 2.24) is 0 Å². The first kappa shape index (κ1) is 16.1. The van der Waals surface area contributed by atoms with Crippen LogP contribution in [0.1, 0.15) is 0 Å². The number of para-hydroxylation sites is 2. The average Bonchev–Trinajstić information content (AvgIpc) is 2.46. The molecule has 7 heteroatoms. The van der Waals surface area contributed by atoms with Crippen LogP contribution in [0.2, 0.25) is 0 Å². The van der Waals surface area contributed by atoms with Gasteiger partial charge in [-0.25, -0.2) is 0 Å². The second-order valence-electron chi connectivity index (χ2n) is 4.71. The van der Waals surface area contributed by atoms with Crippen LogP contribution in [0.25, 0.3) is 21.8 Å². The number of hydrogen-bond acceptors (Lipinski definition) is 1. The van der Waals surface area contributed by atoms with E-state index in [1.165, 1.54) is 27.5 Å². The molecule has 0 amide bonds. The van der Waals surface area contributed by atoms with E-state index in [0.29, 0.717) is 0 Å². The van der Waals surface area contributed by atoms with Gasteiger partial charge in [-0.15, -0.1) is 0 Å². The summed E-state index contributed by atoms with van der Waals surface area (Å²) in [6.07, 6.45) is 0. The van der Waals surface area contributed by atoms with E-state index in [2.05, 4.69) is 65.5 Å². The molecule has 116 valence electrons. The largest absolute Gasteiger partial charge is 0.673 e. The molecule has 1 N–H and O–H groups in total. The maximum Gasteiger partial charge on any atom is 0.673 e. The van der Waals surface area contributed by atoms with Crippen LogP contribution in [0.3, 0.4) is 0 Å². The van der Waals surface area contributed by atoms with Gasteiger partial charge in [0.1, 0.15) is 7.05 Å². The number of anilines is 1. The number of fused-ring (bicyclic) bond motifs is 2. The number of aryl methyl sites for hydroxylation is 1. The molecule has 0 radical (unpaired) electrons. The number of aromatic nitrogens is 1. The molecular weight excluding hydrogens is 295 g/mol. The topological polar surface area (TPSA) is 15.9 Å². The molecule has 3 rings (SSSR count). The van der Waals surface area contributed by atoms with Crippen LogP contribution in [0.15, 0.2) is 48.5 Å². The van der Waals surface area contributed by atoms with Crippen LogP contribution in [0.4, 0.5) is 23.0 Å². The molecule has 0 unspecified atom stereocenters. The van der Waals surface area contributed by atoms with E-state index in [-0.39, 0.29) is 0 Å². The van der Waals surface area contributed by atoms with Gasteiger partial charge >= 0.3 is 7.25 Å². The van der Waals surface area contributed by atoms with Gasteiger partial charge in [0.15, 0.2) is 0 Å². The molecule has 1 heterocycles. The Morgan fingerprint density at radius 3 is 1.55 bits per heavy atom. The van der Waals surface area contributed by atoms with Gasteiger partial charge in [-0.3, -0.25) is 0 Å². The zero-order valence-electron chi connectivity index (χ0n) is 12.2. The van der Waals surface area contributed by atoms with Gasteiger partial charge in [-0.05, 0) is 12.1 Å². The van der Waals surface area contributed by atoms with Gasteiger partial charge in [-0.2, -0.15) is 4.57 Å². The van der Waals surface area contributed by atoms with Crippen molar-refractivity contribution in [3.63, 3.8) is 0 Å². The summed E-state index contributed by atoms with van der Waals surface area (Å²) in [6, 6.07) is 17.0. The molecule has 22 heavy (non-hydrogen) atoms. The second-order valence-corrected chi connectivity index (χ2v) is 4.71. The third-order valence-electron chi connectivity index (χ3n) is 3.32. The molecule has 2 nitrogen and oxygen atoms in total. The third kappa shape index (κ3) is 3.47. The summed E-state index contributed by atoms with van der Waals surface area (Å²) in [4.78, 5) is 0. The SMILES string of the molecule is CNc1c2ccccc2[n+](C)c2ccccc12.F[B-](F)(F)F. The highest BCUT2D eigenvalue weighted by molar-refractivity contribution is 6.50. The summed E-state index contributed by atoms with van der Waals surface area (Å²) in [6.45, 7) is 0. The minimum absolute atomic E-state index is 1.20. The summed E-state index contributed by atoms with van der Waals surface area (Å²) >= 11 is 0. The van der Waals surface area contributed by atoms with Crippen LogP contribution in [-0.4, -0.2) is 14.3 Å². The van der Waals surface area contributed by atoms with Crippen molar-refractivity contribution in [2.24, 2.45) is 7.05 Å². The molecule has 0 aliphatic heterocycles. The summed E-state index contributed by atoms with van der Waals surface area (Å²) < 4.78 is 41.2. The minimum Gasteiger partial charge on any atom is -0.418 e. The Kier molecular flexibility index (Phi) is 4.54. The first-order chi connectivity index (χ1) is 10.3. The molecule has 0 aliphatic carbocycles. The lowest BCUT2D eigenvalue weighted by atomic mass is 10.1. The molecule has 1 aromatic heterocycles. The number of rotatable bonds is 1. The Morgan fingerprint density at radius 1 is 0.818 bits per heavy atom. The zero-order chi connectivity index (χ0) is 16.3. The normalized spacial score (nSPS) is 11.2. The van der Waals surface area contributed by atoms with Gasteiger partial charge in [-0.1, -0.05) is 24.3 Å². The summed E-state index contributed by atoms with van der Waals surface area (Å²) in [5, 5.41) is 5.85. The molecule has 0 fully saturated rings. The smallest absolute Gasteiger partial charge is 0.418 e. The van der Waals surface area contributed by atoms with E-state index >= 15 is 0 Å². The third-order valence-corrected chi connectivity index (χ3v) is 3.32. The molecule has 0 saturated heterocycles. The second kappa shape index (κ2) is 6.21. The fourth-order valence-corrected chi connectivity index (χ4v) is 2.50. The lowest BCUT2D eigenvalue weighted by molar-refractivity contribution is -0.617. The van der Waals surface area contributed by atoms with Crippen molar-refractivity contribution in [3.05, 3.63) is 48.5 Å². The number of nitrogens with one attached hydrogen (secondary N) is 1. The van der Waals surface area contributed by atoms with Crippen LogP contribution in [0.5, 0.6) is 0 Å². The lowest BCUT2D eigenvalue weighted by Gasteiger charge is -2.08. The van der Waals surface area contributed by atoms with Gasteiger partial charge in [0.05, 0.1) is 16.5 Å². The zero-order valence-corrected chi connectivity index (χ0v) is 12.2. The minimum atomic E-state index is -6.00. The lowest BCUT2D eigenvalue weighted by Crippen LogP contribution is -2.30. The summed E-state index contributed by atoms with van der Waals surface area (Å²) in [5.74, 6) is 0. The molecule has 3 aromatic rings. The highest BCUT2D eigenvalue weighted by Crippen LogP contribution is 2.28. The molecule has 0 saturated carbocycles. The number of hydrogen-bond donors (Lipinski definition) is 1. The van der Waals surface area contributed by atoms with Gasteiger partial charge in [0.2, 0.25) is 11.0 Å². The number of halogens is 4. The van der Waals surface area contributed by atoms with E-state index in [1.54, 1.807) is 0 Å². The van der Waals surface area contributed by atoms with E-state index < -0.39 is 7.25 Å². The fourth-order valence-electron chi connectivity index (χ4n) is 2.50. The average molecular weight is 310 g/mol. The first-order valence-corrected chi connectivity index (χ1v) is 6.67. The summed E-state index contributed by atoms with van der Waals surface area (Å²) in [5.41, 5.74) is 3.69. The van der Waals surface area contributed by atoms with Crippen molar-refractivity contribution in [1.29, 1.82) is 0 Å².